The van der Waals surface area contributed by atoms with Gasteiger partial charge in [0.05, 0.1) is 6.61 Å². The van der Waals surface area contributed by atoms with Crippen molar-refractivity contribution < 1.29 is 19.1 Å². The lowest BCUT2D eigenvalue weighted by atomic mass is 10.0. The number of carbonyl (C=O) groups is 3. The van der Waals surface area contributed by atoms with Gasteiger partial charge in [-0.3, -0.25) is 14.5 Å². The summed E-state index contributed by atoms with van der Waals surface area (Å²) in [5.74, 6) is -0.506. The second-order valence-corrected chi connectivity index (χ2v) is 8.43. The number of carbonyl (C=O) groups excluding carboxylic acids is 3. The molecule has 0 spiro atoms. The molecular formula is C25H30ClN3O4. The highest BCUT2D eigenvalue weighted by atomic mass is 35.5. The summed E-state index contributed by atoms with van der Waals surface area (Å²) >= 11 is 6.00. The van der Waals surface area contributed by atoms with Crippen molar-refractivity contribution in [3.05, 3.63) is 70.2 Å². The smallest absolute Gasteiger partial charge is 0.328 e. The van der Waals surface area contributed by atoms with E-state index < -0.39 is 6.04 Å². The van der Waals surface area contributed by atoms with Crippen LogP contribution in [0.4, 0.5) is 0 Å². The topological polar surface area (TPSA) is 79.0 Å². The number of hydrogen-bond acceptors (Lipinski definition) is 5. The highest BCUT2D eigenvalue weighted by molar-refractivity contribution is 6.30. The van der Waals surface area contributed by atoms with E-state index in [0.29, 0.717) is 43.4 Å². The predicted octanol–water partition coefficient (Wildman–Crippen LogP) is 3.22. The highest BCUT2D eigenvalue weighted by Gasteiger charge is 2.32. The van der Waals surface area contributed by atoms with Crippen LogP contribution in [0.3, 0.4) is 0 Å². The molecule has 0 saturated carbocycles. The predicted molar refractivity (Wildman–Crippen MR) is 127 cm³/mol. The van der Waals surface area contributed by atoms with Crippen LogP contribution in [-0.2, 0) is 14.3 Å². The van der Waals surface area contributed by atoms with Gasteiger partial charge < -0.3 is 15.0 Å². The van der Waals surface area contributed by atoms with E-state index in [1.165, 1.54) is 0 Å². The number of rotatable bonds is 8. The average molecular weight is 472 g/mol. The molecule has 1 unspecified atom stereocenters. The van der Waals surface area contributed by atoms with Crippen molar-refractivity contribution in [2.75, 3.05) is 39.3 Å². The molecule has 0 aromatic heterocycles. The lowest BCUT2D eigenvalue weighted by Gasteiger charge is -2.38. The normalized spacial score (nSPS) is 15.1. The number of amides is 2. The van der Waals surface area contributed by atoms with Crippen LogP contribution >= 0.6 is 11.6 Å². The molecule has 1 heterocycles. The third kappa shape index (κ3) is 6.79. The van der Waals surface area contributed by atoms with Crippen molar-refractivity contribution in [1.82, 2.24) is 15.1 Å². The van der Waals surface area contributed by atoms with Crippen molar-refractivity contribution in [1.29, 1.82) is 0 Å². The minimum atomic E-state index is -0.534. The number of halogens is 1. The molecule has 2 amide bonds. The van der Waals surface area contributed by atoms with Gasteiger partial charge in [-0.05, 0) is 43.7 Å². The molecule has 33 heavy (non-hydrogen) atoms. The maximum atomic E-state index is 12.7. The maximum Gasteiger partial charge on any atom is 0.328 e. The van der Waals surface area contributed by atoms with E-state index in [1.807, 2.05) is 42.2 Å². The van der Waals surface area contributed by atoms with Gasteiger partial charge in [-0.15, -0.1) is 0 Å². The Morgan fingerprint density at radius 1 is 1.06 bits per heavy atom. The molecular weight excluding hydrogens is 442 g/mol. The van der Waals surface area contributed by atoms with Crippen LogP contribution in [0.15, 0.2) is 48.5 Å². The van der Waals surface area contributed by atoms with Crippen LogP contribution in [0.5, 0.6) is 0 Å². The summed E-state index contributed by atoms with van der Waals surface area (Å²) in [5.41, 5.74) is 2.41. The summed E-state index contributed by atoms with van der Waals surface area (Å²) in [4.78, 5) is 41.4. The Hall–Kier alpha value is -2.90. The van der Waals surface area contributed by atoms with Crippen LogP contribution in [0, 0.1) is 6.92 Å². The highest BCUT2D eigenvalue weighted by Crippen LogP contribution is 2.25. The van der Waals surface area contributed by atoms with Gasteiger partial charge in [-0.1, -0.05) is 41.4 Å². The van der Waals surface area contributed by atoms with Gasteiger partial charge in [0.2, 0.25) is 5.91 Å². The average Bonchev–Trinajstić information content (AvgIpc) is 2.81. The second-order valence-electron chi connectivity index (χ2n) is 8.00. The molecule has 3 rings (SSSR count). The fourth-order valence-electron chi connectivity index (χ4n) is 3.92. The number of hydrogen-bond donors (Lipinski definition) is 1. The first-order valence-electron chi connectivity index (χ1n) is 11.2. The van der Waals surface area contributed by atoms with E-state index >= 15 is 0 Å². The standard InChI is InChI=1S/C25H30ClN3O4/c1-3-33-25(32)23(19-7-9-21(26)10-8-19)29-15-13-28(14-16-29)22(30)11-12-27-24(31)20-6-4-5-18(2)17-20/h4-10,17,23H,3,11-16H2,1-2H3,(H,27,31). The van der Waals surface area contributed by atoms with E-state index in [9.17, 15) is 14.4 Å². The molecule has 1 fully saturated rings. The zero-order chi connectivity index (χ0) is 23.8. The summed E-state index contributed by atoms with van der Waals surface area (Å²) in [5, 5.41) is 3.41. The van der Waals surface area contributed by atoms with E-state index in [-0.39, 0.29) is 30.7 Å². The summed E-state index contributed by atoms with van der Waals surface area (Å²) < 4.78 is 5.30. The largest absolute Gasteiger partial charge is 0.465 e. The van der Waals surface area contributed by atoms with Gasteiger partial charge in [0.25, 0.3) is 5.91 Å². The zero-order valence-corrected chi connectivity index (χ0v) is 19.8. The molecule has 1 atom stereocenters. The number of nitrogens with one attached hydrogen (secondary N) is 1. The summed E-state index contributed by atoms with van der Waals surface area (Å²) in [6.07, 6.45) is 0.232. The van der Waals surface area contributed by atoms with E-state index in [1.54, 1.807) is 30.0 Å². The number of esters is 1. The Balaban J connectivity index is 1.51. The van der Waals surface area contributed by atoms with Gasteiger partial charge in [0, 0.05) is 49.7 Å². The van der Waals surface area contributed by atoms with Gasteiger partial charge in [0.15, 0.2) is 0 Å². The molecule has 176 valence electrons. The van der Waals surface area contributed by atoms with Crippen LogP contribution < -0.4 is 5.32 Å². The van der Waals surface area contributed by atoms with Crippen molar-refractivity contribution in [2.24, 2.45) is 0 Å². The Morgan fingerprint density at radius 3 is 2.39 bits per heavy atom. The molecule has 1 aliphatic heterocycles. The van der Waals surface area contributed by atoms with Crippen LogP contribution in [0.2, 0.25) is 5.02 Å². The minimum absolute atomic E-state index is 0.0154. The van der Waals surface area contributed by atoms with Gasteiger partial charge >= 0.3 is 5.97 Å². The van der Waals surface area contributed by atoms with Crippen LogP contribution in [0.25, 0.3) is 0 Å². The molecule has 7 nitrogen and oxygen atoms in total. The summed E-state index contributed by atoms with van der Waals surface area (Å²) in [6, 6.07) is 14.0. The third-order valence-corrected chi connectivity index (χ3v) is 5.88. The molecule has 1 saturated heterocycles. The maximum absolute atomic E-state index is 12.7. The van der Waals surface area contributed by atoms with Crippen LogP contribution in [-0.4, -0.2) is 66.9 Å². The Kier molecular flexibility index (Phi) is 8.86. The number of piperazine rings is 1. The van der Waals surface area contributed by atoms with Crippen molar-refractivity contribution >= 4 is 29.4 Å². The lowest BCUT2D eigenvalue weighted by molar-refractivity contribution is -0.151. The SMILES string of the molecule is CCOC(=O)C(c1ccc(Cl)cc1)N1CCN(C(=O)CCNC(=O)c2cccc(C)c2)CC1. The number of nitrogens with zero attached hydrogens (tertiary/aromatic N) is 2. The van der Waals surface area contributed by atoms with Crippen LogP contribution in [0.1, 0.15) is 40.9 Å². The first-order chi connectivity index (χ1) is 15.9. The Labute approximate surface area is 199 Å². The number of aryl methyl sites for hydroxylation is 1. The van der Waals surface area contributed by atoms with Crippen molar-refractivity contribution in [3.63, 3.8) is 0 Å². The Morgan fingerprint density at radius 2 is 1.76 bits per heavy atom. The second kappa shape index (κ2) is 11.8. The van der Waals surface area contributed by atoms with Gasteiger partial charge in [0.1, 0.15) is 6.04 Å². The first kappa shape index (κ1) is 24.7. The molecule has 0 radical (unpaired) electrons. The lowest BCUT2D eigenvalue weighted by Crippen LogP contribution is -2.51. The molecule has 2 aromatic rings. The van der Waals surface area contributed by atoms with Gasteiger partial charge in [-0.25, -0.2) is 4.79 Å². The fraction of sp³-hybridized carbons (Fsp3) is 0.400. The summed E-state index contributed by atoms with van der Waals surface area (Å²) in [7, 11) is 0. The molecule has 1 aliphatic rings. The first-order valence-corrected chi connectivity index (χ1v) is 11.6. The van der Waals surface area contributed by atoms with E-state index in [0.717, 1.165) is 11.1 Å². The van der Waals surface area contributed by atoms with E-state index in [4.69, 9.17) is 16.3 Å². The Bertz CT molecular complexity index is 972. The number of benzene rings is 2. The molecule has 8 heteroatoms. The zero-order valence-electron chi connectivity index (χ0n) is 19.1. The quantitative estimate of drug-likeness (QED) is 0.598. The molecule has 0 aliphatic carbocycles. The summed E-state index contributed by atoms with van der Waals surface area (Å²) in [6.45, 7) is 6.41. The fourth-order valence-corrected chi connectivity index (χ4v) is 4.05. The van der Waals surface area contributed by atoms with Crippen molar-refractivity contribution in [3.8, 4) is 0 Å². The third-order valence-electron chi connectivity index (χ3n) is 5.63. The van der Waals surface area contributed by atoms with Crippen molar-refractivity contribution in [2.45, 2.75) is 26.3 Å². The monoisotopic (exact) mass is 471 g/mol. The number of ether oxygens (including phenoxy) is 1. The molecule has 1 N–H and O–H groups in total. The molecule has 2 aromatic carbocycles. The van der Waals surface area contributed by atoms with E-state index in [2.05, 4.69) is 5.32 Å². The minimum Gasteiger partial charge on any atom is -0.465 e. The van der Waals surface area contributed by atoms with Gasteiger partial charge in [-0.2, -0.15) is 0 Å². The molecule has 0 bridgehead atoms.